The summed E-state index contributed by atoms with van der Waals surface area (Å²) in [7, 11) is 2.00. The van der Waals surface area contributed by atoms with Crippen LogP contribution in [0.25, 0.3) is 17.0 Å². The van der Waals surface area contributed by atoms with Gasteiger partial charge in [0.25, 0.3) is 0 Å². The second-order valence-electron chi connectivity index (χ2n) is 5.76. The molecule has 0 atom stereocenters. The molecule has 0 aliphatic carbocycles. The average molecular weight is 379 g/mol. The lowest BCUT2D eigenvalue weighted by Gasteiger charge is -2.05. The number of nitrogens with zero attached hydrogens (tertiary/aromatic N) is 2. The van der Waals surface area contributed by atoms with Crippen LogP contribution >= 0.6 is 12.4 Å². The number of aliphatic imine (C=N–C) groups is 1. The summed E-state index contributed by atoms with van der Waals surface area (Å²) in [6.07, 6.45) is 3.09. The monoisotopic (exact) mass is 378 g/mol. The van der Waals surface area contributed by atoms with Crippen molar-refractivity contribution in [2.24, 2.45) is 12.0 Å². The quantitative estimate of drug-likeness (QED) is 0.514. The molecule has 26 heavy (non-hydrogen) atoms. The Morgan fingerprint density at radius 1 is 1.00 bits per heavy atom. The lowest BCUT2D eigenvalue weighted by atomic mass is 10.1. The van der Waals surface area contributed by atoms with Crippen LogP contribution in [0.1, 0.15) is 16.7 Å². The zero-order chi connectivity index (χ0) is 17.9. The Bertz CT molecular complexity index is 922. The molecule has 0 N–H and O–H groups in total. The molecule has 136 valence electrons. The van der Waals surface area contributed by atoms with E-state index in [1.54, 1.807) is 12.3 Å². The van der Waals surface area contributed by atoms with E-state index >= 15 is 0 Å². The second-order valence-corrected chi connectivity index (χ2v) is 5.76. The van der Waals surface area contributed by atoms with Gasteiger partial charge in [-0.25, -0.2) is 0 Å². The number of alkyl halides is 3. The van der Waals surface area contributed by atoms with Gasteiger partial charge in [-0.2, -0.15) is 13.2 Å². The molecule has 0 fully saturated rings. The van der Waals surface area contributed by atoms with E-state index in [4.69, 9.17) is 0 Å². The van der Waals surface area contributed by atoms with Gasteiger partial charge in [-0.15, -0.1) is 12.4 Å². The van der Waals surface area contributed by atoms with Gasteiger partial charge in [0, 0.05) is 30.4 Å². The Balaban J connectivity index is 0.00000243. The van der Waals surface area contributed by atoms with Crippen LogP contribution in [0.15, 0.2) is 65.8 Å². The van der Waals surface area contributed by atoms with Gasteiger partial charge >= 0.3 is 6.18 Å². The van der Waals surface area contributed by atoms with E-state index in [2.05, 4.69) is 27.8 Å². The fraction of sp³-hybridized carbons (Fsp3) is 0.150. The zero-order valence-electron chi connectivity index (χ0n) is 14.1. The summed E-state index contributed by atoms with van der Waals surface area (Å²) in [4.78, 5) is 4.33. The standard InChI is InChI=1S/C20H17F3N2.ClH/c1-25-12-10-17-13-16(6-9-19(17)25)14-24-11-2-3-15-4-7-18(8-5-15)20(21,22)23;/h2-10,12-14H,11H2,1H3;1H/b3-2+,24-14?;. The van der Waals surface area contributed by atoms with E-state index < -0.39 is 11.7 Å². The number of fused-ring (bicyclic) bond motifs is 1. The van der Waals surface area contributed by atoms with Gasteiger partial charge < -0.3 is 4.57 Å². The molecule has 0 radical (unpaired) electrons. The smallest absolute Gasteiger partial charge is 0.351 e. The van der Waals surface area contributed by atoms with Gasteiger partial charge in [0.05, 0.1) is 12.1 Å². The molecule has 0 saturated carbocycles. The van der Waals surface area contributed by atoms with Crippen LogP contribution in [-0.2, 0) is 13.2 Å². The van der Waals surface area contributed by atoms with Crippen molar-refractivity contribution in [1.82, 2.24) is 4.57 Å². The first kappa shape index (κ1) is 19.8. The third-order valence-corrected chi connectivity index (χ3v) is 3.91. The number of halogens is 4. The Morgan fingerprint density at radius 2 is 1.69 bits per heavy atom. The van der Waals surface area contributed by atoms with Gasteiger partial charge in [0.1, 0.15) is 0 Å². The van der Waals surface area contributed by atoms with Crippen molar-refractivity contribution in [1.29, 1.82) is 0 Å². The molecule has 3 rings (SSSR count). The van der Waals surface area contributed by atoms with Crippen molar-refractivity contribution in [3.63, 3.8) is 0 Å². The van der Waals surface area contributed by atoms with Gasteiger partial charge in [-0.05, 0) is 41.5 Å². The van der Waals surface area contributed by atoms with Crippen molar-refractivity contribution in [2.45, 2.75) is 6.18 Å². The molecule has 0 amide bonds. The molecule has 0 bridgehead atoms. The topological polar surface area (TPSA) is 17.3 Å². The van der Waals surface area contributed by atoms with Crippen molar-refractivity contribution >= 4 is 35.6 Å². The molecular weight excluding hydrogens is 361 g/mol. The van der Waals surface area contributed by atoms with E-state index in [0.29, 0.717) is 12.1 Å². The van der Waals surface area contributed by atoms with Crippen molar-refractivity contribution in [3.8, 4) is 0 Å². The van der Waals surface area contributed by atoms with Crippen LogP contribution in [0.4, 0.5) is 13.2 Å². The number of rotatable bonds is 4. The van der Waals surface area contributed by atoms with Crippen molar-refractivity contribution < 1.29 is 13.2 Å². The maximum atomic E-state index is 12.5. The normalized spacial score (nSPS) is 12.2. The Hall–Kier alpha value is -2.53. The minimum atomic E-state index is -4.30. The highest BCUT2D eigenvalue weighted by Gasteiger charge is 2.29. The van der Waals surface area contributed by atoms with Crippen LogP contribution in [0.3, 0.4) is 0 Å². The number of hydrogen-bond acceptors (Lipinski definition) is 1. The van der Waals surface area contributed by atoms with Crippen molar-refractivity contribution in [2.75, 3.05) is 6.54 Å². The largest absolute Gasteiger partial charge is 0.416 e. The minimum Gasteiger partial charge on any atom is -0.351 e. The highest BCUT2D eigenvalue weighted by atomic mass is 35.5. The van der Waals surface area contributed by atoms with Crippen LogP contribution in [0, 0.1) is 0 Å². The maximum absolute atomic E-state index is 12.5. The third-order valence-electron chi connectivity index (χ3n) is 3.91. The minimum absolute atomic E-state index is 0. The van der Waals surface area contributed by atoms with Crippen LogP contribution in [-0.4, -0.2) is 17.3 Å². The van der Waals surface area contributed by atoms with E-state index in [9.17, 15) is 13.2 Å². The van der Waals surface area contributed by atoms with Gasteiger partial charge in [-0.3, -0.25) is 4.99 Å². The molecule has 6 heteroatoms. The summed E-state index contributed by atoms with van der Waals surface area (Å²) in [6.45, 7) is 0.466. The maximum Gasteiger partial charge on any atom is 0.416 e. The fourth-order valence-corrected chi connectivity index (χ4v) is 2.57. The fourth-order valence-electron chi connectivity index (χ4n) is 2.57. The second kappa shape index (κ2) is 8.23. The summed E-state index contributed by atoms with van der Waals surface area (Å²) < 4.78 is 39.5. The van der Waals surface area contributed by atoms with Crippen LogP contribution in [0.5, 0.6) is 0 Å². The average Bonchev–Trinajstić information content (AvgIpc) is 2.95. The highest BCUT2D eigenvalue weighted by Crippen LogP contribution is 2.29. The Kier molecular flexibility index (Phi) is 6.27. The lowest BCUT2D eigenvalue weighted by molar-refractivity contribution is -0.137. The molecule has 2 aromatic carbocycles. The number of benzene rings is 2. The van der Waals surface area contributed by atoms with Gasteiger partial charge in [-0.1, -0.05) is 30.4 Å². The number of hydrogen-bond donors (Lipinski definition) is 0. The molecular formula is C20H18ClF3N2. The van der Waals surface area contributed by atoms with E-state index in [1.807, 2.05) is 25.4 Å². The van der Waals surface area contributed by atoms with Crippen molar-refractivity contribution in [3.05, 3.63) is 77.5 Å². The molecule has 0 spiro atoms. The van der Waals surface area contributed by atoms with Gasteiger partial charge in [0.15, 0.2) is 0 Å². The summed E-state index contributed by atoms with van der Waals surface area (Å²) >= 11 is 0. The first-order valence-electron chi connectivity index (χ1n) is 7.82. The first-order chi connectivity index (χ1) is 11.9. The SMILES string of the molecule is Cl.Cn1ccc2cc(C=NC/C=C/c3ccc(C(F)(F)F)cc3)ccc21. The van der Waals surface area contributed by atoms with E-state index in [0.717, 1.165) is 23.1 Å². The van der Waals surface area contributed by atoms with Crippen LogP contribution < -0.4 is 0 Å². The summed E-state index contributed by atoms with van der Waals surface area (Å²) in [5.41, 5.74) is 2.26. The molecule has 0 aliphatic rings. The summed E-state index contributed by atoms with van der Waals surface area (Å²) in [5.74, 6) is 0. The van der Waals surface area contributed by atoms with E-state index in [1.165, 1.54) is 17.6 Å². The lowest BCUT2D eigenvalue weighted by Crippen LogP contribution is -2.03. The summed E-state index contributed by atoms with van der Waals surface area (Å²) in [5, 5.41) is 1.16. The molecule has 3 aromatic rings. The molecule has 2 nitrogen and oxygen atoms in total. The summed E-state index contributed by atoms with van der Waals surface area (Å²) in [6, 6.07) is 13.2. The number of aromatic nitrogens is 1. The Morgan fingerprint density at radius 3 is 2.38 bits per heavy atom. The third kappa shape index (κ3) is 4.76. The van der Waals surface area contributed by atoms with Crippen LogP contribution in [0.2, 0.25) is 0 Å². The number of aryl methyl sites for hydroxylation is 1. The molecule has 1 heterocycles. The molecule has 0 saturated heterocycles. The molecule has 0 unspecified atom stereocenters. The Labute approximate surface area is 156 Å². The van der Waals surface area contributed by atoms with Gasteiger partial charge in [0.2, 0.25) is 0 Å². The first-order valence-corrected chi connectivity index (χ1v) is 7.82. The zero-order valence-corrected chi connectivity index (χ0v) is 14.9. The molecule has 1 aromatic heterocycles. The predicted molar refractivity (Wildman–Crippen MR) is 103 cm³/mol. The highest BCUT2D eigenvalue weighted by molar-refractivity contribution is 5.89. The van der Waals surface area contributed by atoms with E-state index in [-0.39, 0.29) is 12.4 Å². The predicted octanol–water partition coefficient (Wildman–Crippen LogP) is 5.75. The molecule has 0 aliphatic heterocycles.